The quantitative estimate of drug-likeness (QED) is 0.891. The lowest BCUT2D eigenvalue weighted by atomic mass is 9.99. The van der Waals surface area contributed by atoms with Gasteiger partial charge in [-0.05, 0) is 44.5 Å². The second kappa shape index (κ2) is 5.94. The van der Waals surface area contributed by atoms with Crippen LogP contribution in [0.5, 0.6) is 0 Å². The summed E-state index contributed by atoms with van der Waals surface area (Å²) in [4.78, 5) is 5.76. The predicted molar refractivity (Wildman–Crippen MR) is 69.6 cm³/mol. The summed E-state index contributed by atoms with van der Waals surface area (Å²) in [6, 6.07) is 2.46. The van der Waals surface area contributed by atoms with Gasteiger partial charge in [0.1, 0.15) is 0 Å². The van der Waals surface area contributed by atoms with Crippen LogP contribution in [-0.4, -0.2) is 45.0 Å². The van der Waals surface area contributed by atoms with E-state index < -0.39 is 20.9 Å². The number of hydrogen-bond donors (Lipinski definition) is 1. The number of piperidine rings is 1. The molecule has 0 amide bonds. The van der Waals surface area contributed by atoms with Gasteiger partial charge < -0.3 is 4.90 Å². The molecule has 1 unspecified atom stereocenters. The lowest BCUT2D eigenvalue weighted by molar-refractivity contribution is 0.211. The van der Waals surface area contributed by atoms with Crippen LogP contribution >= 0.6 is 0 Å². The van der Waals surface area contributed by atoms with E-state index in [1.165, 1.54) is 12.3 Å². The summed E-state index contributed by atoms with van der Waals surface area (Å²) in [5, 5.41) is -0.529. The first-order valence-corrected chi connectivity index (χ1v) is 7.76. The van der Waals surface area contributed by atoms with Gasteiger partial charge in [0.15, 0.2) is 5.82 Å². The Morgan fingerprint density at radius 1 is 1.58 bits per heavy atom. The Morgan fingerprint density at radius 2 is 2.37 bits per heavy atom. The predicted octanol–water partition coefficient (Wildman–Crippen LogP) is 0.841. The average molecular weight is 287 g/mol. The molecule has 0 radical (unpaired) electrons. The Hall–Kier alpha value is -1.05. The lowest BCUT2D eigenvalue weighted by Crippen LogP contribution is -2.39. The fourth-order valence-electron chi connectivity index (χ4n) is 2.30. The molecule has 1 fully saturated rings. The van der Waals surface area contributed by atoms with E-state index in [0.717, 1.165) is 32.0 Å². The highest BCUT2D eigenvalue weighted by Gasteiger charge is 2.23. The molecule has 1 aliphatic heterocycles. The maximum absolute atomic E-state index is 13.4. The highest BCUT2D eigenvalue weighted by atomic mass is 32.2. The highest BCUT2D eigenvalue weighted by molar-refractivity contribution is 7.89. The van der Waals surface area contributed by atoms with Gasteiger partial charge in [0, 0.05) is 19.3 Å². The van der Waals surface area contributed by atoms with Crippen molar-refractivity contribution in [2.45, 2.75) is 17.9 Å². The number of pyridine rings is 1. The van der Waals surface area contributed by atoms with Crippen LogP contribution in [0.1, 0.15) is 12.8 Å². The van der Waals surface area contributed by atoms with Crippen molar-refractivity contribution in [1.29, 1.82) is 0 Å². The van der Waals surface area contributed by atoms with Gasteiger partial charge in [-0.1, -0.05) is 0 Å². The first-order valence-electron chi connectivity index (χ1n) is 6.28. The monoisotopic (exact) mass is 287 g/mol. The standard InChI is InChI=1S/C12H18FN3O2S/c1-16-7-3-4-10(9-16)8-15-19(17,18)12-11(13)5-2-6-14-12/h2,5-6,10,15H,3-4,7-9H2,1H3. The molecular weight excluding hydrogens is 269 g/mol. The van der Waals surface area contributed by atoms with Crippen molar-refractivity contribution in [3.8, 4) is 0 Å². The Bertz CT molecular complexity index is 536. The minimum Gasteiger partial charge on any atom is -0.306 e. The van der Waals surface area contributed by atoms with Crippen LogP contribution in [0.4, 0.5) is 4.39 Å². The number of rotatable bonds is 4. The topological polar surface area (TPSA) is 62.3 Å². The Balaban J connectivity index is 2.00. The van der Waals surface area contributed by atoms with Crippen LogP contribution in [-0.2, 0) is 10.0 Å². The molecule has 0 aromatic carbocycles. The first-order chi connectivity index (χ1) is 8.99. The summed E-state index contributed by atoms with van der Waals surface area (Å²) in [6.45, 7) is 2.22. The van der Waals surface area contributed by atoms with E-state index >= 15 is 0 Å². The van der Waals surface area contributed by atoms with Gasteiger partial charge in [-0.15, -0.1) is 0 Å². The van der Waals surface area contributed by atoms with E-state index in [1.807, 2.05) is 7.05 Å². The number of nitrogens with zero attached hydrogens (tertiary/aromatic N) is 2. The van der Waals surface area contributed by atoms with Crippen molar-refractivity contribution in [2.75, 3.05) is 26.7 Å². The molecule has 5 nitrogen and oxygen atoms in total. The zero-order valence-corrected chi connectivity index (χ0v) is 11.7. The molecule has 1 atom stereocenters. The Morgan fingerprint density at radius 3 is 3.05 bits per heavy atom. The van der Waals surface area contributed by atoms with E-state index in [0.29, 0.717) is 6.54 Å². The third kappa shape index (κ3) is 3.71. The molecule has 106 valence electrons. The molecule has 2 rings (SSSR count). The smallest absolute Gasteiger partial charge is 0.261 e. The van der Waals surface area contributed by atoms with Crippen molar-refractivity contribution in [3.63, 3.8) is 0 Å². The first kappa shape index (κ1) is 14.4. The molecule has 0 bridgehead atoms. The Kier molecular flexibility index (Phi) is 4.49. The maximum atomic E-state index is 13.4. The minimum atomic E-state index is -3.86. The molecule has 2 heterocycles. The molecule has 7 heteroatoms. The van der Waals surface area contributed by atoms with Crippen LogP contribution < -0.4 is 4.72 Å². The SMILES string of the molecule is CN1CCCC(CNS(=O)(=O)c2ncccc2F)C1. The fourth-order valence-corrected chi connectivity index (χ4v) is 3.42. The maximum Gasteiger partial charge on any atom is 0.261 e. The molecule has 0 saturated carbocycles. The number of hydrogen-bond acceptors (Lipinski definition) is 4. The second-order valence-electron chi connectivity index (χ2n) is 4.91. The van der Waals surface area contributed by atoms with Gasteiger partial charge >= 0.3 is 0 Å². The summed E-state index contributed by atoms with van der Waals surface area (Å²) in [6.07, 6.45) is 3.31. The molecule has 0 spiro atoms. The van der Waals surface area contributed by atoms with Crippen molar-refractivity contribution < 1.29 is 12.8 Å². The van der Waals surface area contributed by atoms with Gasteiger partial charge in [-0.25, -0.2) is 22.5 Å². The zero-order valence-electron chi connectivity index (χ0n) is 10.8. The van der Waals surface area contributed by atoms with Crippen LogP contribution in [0.2, 0.25) is 0 Å². The second-order valence-corrected chi connectivity index (χ2v) is 6.60. The van der Waals surface area contributed by atoms with Crippen molar-refractivity contribution in [3.05, 3.63) is 24.1 Å². The van der Waals surface area contributed by atoms with Gasteiger partial charge in [0.25, 0.3) is 10.0 Å². The molecular formula is C12H18FN3O2S. The van der Waals surface area contributed by atoms with E-state index in [-0.39, 0.29) is 5.92 Å². The number of sulfonamides is 1. The number of aromatic nitrogens is 1. The minimum absolute atomic E-state index is 0.264. The highest BCUT2D eigenvalue weighted by Crippen LogP contribution is 2.15. The third-order valence-corrected chi connectivity index (χ3v) is 4.62. The van der Waals surface area contributed by atoms with E-state index in [9.17, 15) is 12.8 Å². The molecule has 1 aromatic rings. The van der Waals surface area contributed by atoms with Crippen LogP contribution in [0.25, 0.3) is 0 Å². The molecule has 19 heavy (non-hydrogen) atoms. The summed E-state index contributed by atoms with van der Waals surface area (Å²) in [7, 11) is -1.85. The molecule has 1 aromatic heterocycles. The number of likely N-dealkylation sites (tertiary alicyclic amines) is 1. The third-order valence-electron chi connectivity index (χ3n) is 3.26. The molecule has 0 aliphatic carbocycles. The van der Waals surface area contributed by atoms with E-state index in [1.54, 1.807) is 0 Å². The average Bonchev–Trinajstić information content (AvgIpc) is 2.37. The summed E-state index contributed by atoms with van der Waals surface area (Å²) >= 11 is 0. The molecule has 1 N–H and O–H groups in total. The van der Waals surface area contributed by atoms with Gasteiger partial charge in [-0.3, -0.25) is 0 Å². The lowest BCUT2D eigenvalue weighted by Gasteiger charge is -2.29. The van der Waals surface area contributed by atoms with E-state index in [4.69, 9.17) is 0 Å². The van der Waals surface area contributed by atoms with Crippen LogP contribution in [0.3, 0.4) is 0 Å². The molecule has 1 saturated heterocycles. The number of halogens is 1. The summed E-state index contributed by atoms with van der Waals surface area (Å²) in [5.41, 5.74) is 0. The number of nitrogens with one attached hydrogen (secondary N) is 1. The largest absolute Gasteiger partial charge is 0.306 e. The van der Waals surface area contributed by atoms with Crippen LogP contribution in [0, 0.1) is 11.7 Å². The Labute approximate surface area is 112 Å². The summed E-state index contributed by atoms with van der Waals surface area (Å²) < 4.78 is 39.8. The normalized spacial score (nSPS) is 21.5. The van der Waals surface area contributed by atoms with Crippen LogP contribution in [0.15, 0.2) is 23.4 Å². The summed E-state index contributed by atoms with van der Waals surface area (Å²) in [5.74, 6) is -0.559. The zero-order chi connectivity index (χ0) is 13.9. The van der Waals surface area contributed by atoms with E-state index in [2.05, 4.69) is 14.6 Å². The van der Waals surface area contributed by atoms with Crippen molar-refractivity contribution >= 4 is 10.0 Å². The van der Waals surface area contributed by atoms with Gasteiger partial charge in [-0.2, -0.15) is 0 Å². The van der Waals surface area contributed by atoms with Crippen molar-refractivity contribution in [2.24, 2.45) is 5.92 Å². The fraction of sp³-hybridized carbons (Fsp3) is 0.583. The van der Waals surface area contributed by atoms with Crippen molar-refractivity contribution in [1.82, 2.24) is 14.6 Å². The van der Waals surface area contributed by atoms with Gasteiger partial charge in [0.05, 0.1) is 0 Å². The van der Waals surface area contributed by atoms with Gasteiger partial charge in [0.2, 0.25) is 5.03 Å². The molecule has 1 aliphatic rings.